The highest BCUT2D eigenvalue weighted by Gasteiger charge is 2.46. The highest BCUT2D eigenvalue weighted by atomic mass is 16.2. The van der Waals surface area contributed by atoms with Gasteiger partial charge in [0, 0.05) is 19.8 Å². The van der Waals surface area contributed by atoms with Crippen LogP contribution in [0.3, 0.4) is 0 Å². The molecule has 0 spiro atoms. The molecule has 3 amide bonds. The van der Waals surface area contributed by atoms with Crippen molar-refractivity contribution in [1.29, 1.82) is 0 Å². The molecular weight excluding hydrogens is 268 g/mol. The standard InChI is InChI=1S/C15H20N4O2/c1-5-15(2)13(20)19(14(21)17-15)16-10-11-6-8-12(9-7-11)18(3)4/h6-10H,5H2,1-4H3,(H,17,21). The summed E-state index contributed by atoms with van der Waals surface area (Å²) in [5, 5.41) is 7.56. The molecular formula is C15H20N4O2. The molecule has 1 N–H and O–H groups in total. The van der Waals surface area contributed by atoms with Crippen molar-refractivity contribution in [1.82, 2.24) is 10.3 Å². The van der Waals surface area contributed by atoms with Gasteiger partial charge in [0.15, 0.2) is 0 Å². The molecule has 1 heterocycles. The van der Waals surface area contributed by atoms with Crippen LogP contribution in [0.2, 0.25) is 0 Å². The van der Waals surface area contributed by atoms with E-state index in [1.165, 1.54) is 6.21 Å². The SMILES string of the molecule is CCC1(C)NC(=O)N(N=Cc2ccc(N(C)C)cc2)C1=O. The number of hydrogen-bond acceptors (Lipinski definition) is 4. The number of nitrogens with zero attached hydrogens (tertiary/aromatic N) is 3. The zero-order chi connectivity index (χ0) is 15.6. The molecule has 1 saturated heterocycles. The zero-order valence-electron chi connectivity index (χ0n) is 12.8. The number of hydrazone groups is 1. The molecule has 0 bridgehead atoms. The third-order valence-corrected chi connectivity index (χ3v) is 3.68. The molecule has 6 heteroatoms. The van der Waals surface area contributed by atoms with E-state index < -0.39 is 11.6 Å². The number of carbonyl (C=O) groups is 2. The predicted octanol–water partition coefficient (Wildman–Crippen LogP) is 1.81. The lowest BCUT2D eigenvalue weighted by atomic mass is 10.00. The van der Waals surface area contributed by atoms with Crippen LogP contribution in [0.5, 0.6) is 0 Å². The lowest BCUT2D eigenvalue weighted by Crippen LogP contribution is -2.42. The normalized spacial score (nSPS) is 22.0. The number of anilines is 1. The molecule has 21 heavy (non-hydrogen) atoms. The van der Waals surface area contributed by atoms with Gasteiger partial charge in [0.2, 0.25) is 0 Å². The average molecular weight is 288 g/mol. The summed E-state index contributed by atoms with van der Waals surface area (Å²) in [6.07, 6.45) is 2.04. The molecule has 2 rings (SSSR count). The molecule has 1 aromatic rings. The van der Waals surface area contributed by atoms with E-state index in [1.54, 1.807) is 6.92 Å². The van der Waals surface area contributed by atoms with Gasteiger partial charge in [-0.05, 0) is 31.0 Å². The van der Waals surface area contributed by atoms with Crippen LogP contribution in [0.15, 0.2) is 29.4 Å². The van der Waals surface area contributed by atoms with E-state index in [1.807, 2.05) is 50.2 Å². The summed E-state index contributed by atoms with van der Waals surface area (Å²) in [4.78, 5) is 25.9. The third kappa shape index (κ3) is 2.89. The summed E-state index contributed by atoms with van der Waals surface area (Å²) in [5.41, 5.74) is 1.04. The van der Waals surface area contributed by atoms with Crippen molar-refractivity contribution in [3.63, 3.8) is 0 Å². The van der Waals surface area contributed by atoms with Crippen LogP contribution >= 0.6 is 0 Å². The maximum atomic E-state index is 12.2. The molecule has 0 saturated carbocycles. The van der Waals surface area contributed by atoms with E-state index in [9.17, 15) is 9.59 Å². The lowest BCUT2D eigenvalue weighted by Gasteiger charge is -2.17. The van der Waals surface area contributed by atoms with Crippen LogP contribution in [0.1, 0.15) is 25.8 Å². The Morgan fingerprint density at radius 2 is 1.90 bits per heavy atom. The Balaban J connectivity index is 2.14. The number of urea groups is 1. The lowest BCUT2D eigenvalue weighted by molar-refractivity contribution is -0.130. The van der Waals surface area contributed by atoms with Crippen LogP contribution in [0, 0.1) is 0 Å². The molecule has 112 valence electrons. The monoisotopic (exact) mass is 288 g/mol. The van der Waals surface area contributed by atoms with Crippen LogP contribution in [0.25, 0.3) is 0 Å². The number of benzene rings is 1. The Hall–Kier alpha value is -2.37. The van der Waals surface area contributed by atoms with Crippen LogP contribution in [-0.4, -0.2) is 42.8 Å². The minimum Gasteiger partial charge on any atom is -0.378 e. The van der Waals surface area contributed by atoms with Gasteiger partial charge < -0.3 is 10.2 Å². The van der Waals surface area contributed by atoms with Gasteiger partial charge in [-0.1, -0.05) is 19.1 Å². The average Bonchev–Trinajstić information content (AvgIpc) is 2.68. The highest BCUT2D eigenvalue weighted by molar-refractivity contribution is 6.07. The van der Waals surface area contributed by atoms with Gasteiger partial charge in [-0.2, -0.15) is 5.10 Å². The van der Waals surface area contributed by atoms with E-state index >= 15 is 0 Å². The molecule has 1 unspecified atom stereocenters. The van der Waals surface area contributed by atoms with Gasteiger partial charge in [-0.25, -0.2) is 4.79 Å². The fourth-order valence-electron chi connectivity index (χ4n) is 2.00. The Kier molecular flexibility index (Phi) is 3.97. The second-order valence-electron chi connectivity index (χ2n) is 5.46. The molecule has 0 aromatic heterocycles. The predicted molar refractivity (Wildman–Crippen MR) is 82.4 cm³/mol. The second kappa shape index (κ2) is 5.55. The molecule has 1 aliphatic heterocycles. The number of amides is 3. The van der Waals surface area contributed by atoms with E-state index in [-0.39, 0.29) is 5.91 Å². The van der Waals surface area contributed by atoms with E-state index in [4.69, 9.17) is 0 Å². The van der Waals surface area contributed by atoms with Gasteiger partial charge in [0.25, 0.3) is 5.91 Å². The van der Waals surface area contributed by atoms with Gasteiger partial charge in [-0.15, -0.1) is 5.01 Å². The van der Waals surface area contributed by atoms with Gasteiger partial charge in [0.1, 0.15) is 5.54 Å². The van der Waals surface area contributed by atoms with Crippen LogP contribution in [-0.2, 0) is 4.79 Å². The van der Waals surface area contributed by atoms with E-state index in [0.717, 1.165) is 16.3 Å². The molecule has 1 atom stereocenters. The number of nitrogens with one attached hydrogen (secondary N) is 1. The molecule has 1 fully saturated rings. The minimum absolute atomic E-state index is 0.323. The first-order chi connectivity index (χ1) is 9.87. The summed E-state index contributed by atoms with van der Waals surface area (Å²) in [5.74, 6) is -0.323. The number of rotatable bonds is 4. The summed E-state index contributed by atoms with van der Waals surface area (Å²) in [6.45, 7) is 3.56. The quantitative estimate of drug-likeness (QED) is 0.679. The summed E-state index contributed by atoms with van der Waals surface area (Å²) in [7, 11) is 3.92. The first-order valence-corrected chi connectivity index (χ1v) is 6.85. The molecule has 6 nitrogen and oxygen atoms in total. The maximum absolute atomic E-state index is 12.2. The first-order valence-electron chi connectivity index (χ1n) is 6.85. The maximum Gasteiger partial charge on any atom is 0.346 e. The van der Waals surface area contributed by atoms with Gasteiger partial charge in [0.05, 0.1) is 6.21 Å². The van der Waals surface area contributed by atoms with Crippen molar-refractivity contribution >= 4 is 23.8 Å². The van der Waals surface area contributed by atoms with Crippen molar-refractivity contribution in [2.45, 2.75) is 25.8 Å². The third-order valence-electron chi connectivity index (χ3n) is 3.68. The Morgan fingerprint density at radius 1 is 1.29 bits per heavy atom. The van der Waals surface area contributed by atoms with Crippen molar-refractivity contribution in [3.05, 3.63) is 29.8 Å². The number of hydrogen-bond donors (Lipinski definition) is 1. The number of imide groups is 1. The molecule has 1 aliphatic rings. The summed E-state index contributed by atoms with van der Waals surface area (Å²) >= 11 is 0. The van der Waals surface area contributed by atoms with Crippen molar-refractivity contribution in [2.24, 2.45) is 5.10 Å². The Morgan fingerprint density at radius 3 is 2.38 bits per heavy atom. The molecule has 1 aromatic carbocycles. The van der Waals surface area contributed by atoms with Crippen molar-refractivity contribution in [3.8, 4) is 0 Å². The summed E-state index contributed by atoms with van der Waals surface area (Å²) < 4.78 is 0. The largest absolute Gasteiger partial charge is 0.378 e. The molecule has 0 radical (unpaired) electrons. The van der Waals surface area contributed by atoms with Gasteiger partial charge in [-0.3, -0.25) is 4.79 Å². The van der Waals surface area contributed by atoms with E-state index in [0.29, 0.717) is 6.42 Å². The van der Waals surface area contributed by atoms with Crippen molar-refractivity contribution in [2.75, 3.05) is 19.0 Å². The smallest absolute Gasteiger partial charge is 0.346 e. The topological polar surface area (TPSA) is 65.0 Å². The van der Waals surface area contributed by atoms with Crippen LogP contribution < -0.4 is 10.2 Å². The Labute approximate surface area is 124 Å². The fraction of sp³-hybridized carbons (Fsp3) is 0.400. The van der Waals surface area contributed by atoms with Crippen LogP contribution in [0.4, 0.5) is 10.5 Å². The highest BCUT2D eigenvalue weighted by Crippen LogP contribution is 2.21. The minimum atomic E-state index is -0.858. The number of carbonyl (C=O) groups excluding carboxylic acids is 2. The Bertz CT molecular complexity index is 580. The fourth-order valence-corrected chi connectivity index (χ4v) is 2.00. The summed E-state index contributed by atoms with van der Waals surface area (Å²) in [6, 6.07) is 7.19. The van der Waals surface area contributed by atoms with Crippen molar-refractivity contribution < 1.29 is 9.59 Å². The zero-order valence-corrected chi connectivity index (χ0v) is 12.8. The second-order valence-corrected chi connectivity index (χ2v) is 5.46. The first kappa shape index (κ1) is 15.0. The van der Waals surface area contributed by atoms with E-state index in [2.05, 4.69) is 10.4 Å². The van der Waals surface area contributed by atoms with Gasteiger partial charge >= 0.3 is 6.03 Å². The molecule has 0 aliphatic carbocycles.